The molecule has 1 aliphatic carbocycles. The fourth-order valence-corrected chi connectivity index (χ4v) is 4.89. The second-order valence-electron chi connectivity index (χ2n) is 7.22. The van der Waals surface area contributed by atoms with Crippen LogP contribution >= 0.6 is 11.3 Å². The number of aromatic nitrogens is 2. The van der Waals surface area contributed by atoms with E-state index in [0.717, 1.165) is 35.0 Å². The van der Waals surface area contributed by atoms with Crippen molar-refractivity contribution in [3.8, 4) is 11.4 Å². The van der Waals surface area contributed by atoms with Gasteiger partial charge in [-0.15, -0.1) is 11.3 Å². The van der Waals surface area contributed by atoms with Crippen molar-refractivity contribution >= 4 is 21.6 Å². The largest absolute Gasteiger partial charge is 0.306 e. The molecule has 0 bridgehead atoms. The van der Waals surface area contributed by atoms with Gasteiger partial charge in [-0.2, -0.15) is 0 Å². The van der Waals surface area contributed by atoms with Crippen LogP contribution in [0.4, 0.5) is 0 Å². The van der Waals surface area contributed by atoms with Crippen molar-refractivity contribution < 1.29 is 0 Å². The summed E-state index contributed by atoms with van der Waals surface area (Å²) in [6, 6.07) is 8.33. The maximum atomic E-state index is 12.7. The minimum absolute atomic E-state index is 0.00925. The molecule has 0 unspecified atom stereocenters. The third kappa shape index (κ3) is 2.59. The van der Waals surface area contributed by atoms with Crippen LogP contribution in [-0.2, 0) is 12.8 Å². The van der Waals surface area contributed by atoms with Crippen LogP contribution in [0.1, 0.15) is 49.1 Å². The zero-order valence-corrected chi connectivity index (χ0v) is 15.2. The Labute approximate surface area is 145 Å². The first-order valence-electron chi connectivity index (χ1n) is 8.68. The van der Waals surface area contributed by atoms with E-state index in [1.807, 2.05) is 0 Å². The number of hydrogen-bond donors (Lipinski definition) is 1. The van der Waals surface area contributed by atoms with Crippen molar-refractivity contribution in [2.45, 2.75) is 46.0 Å². The van der Waals surface area contributed by atoms with E-state index in [0.29, 0.717) is 17.7 Å². The van der Waals surface area contributed by atoms with Gasteiger partial charge >= 0.3 is 0 Å². The van der Waals surface area contributed by atoms with Crippen LogP contribution in [0.25, 0.3) is 21.6 Å². The van der Waals surface area contributed by atoms with Crippen LogP contribution < -0.4 is 5.56 Å². The van der Waals surface area contributed by atoms with Gasteiger partial charge in [0.1, 0.15) is 10.7 Å². The molecule has 0 saturated heterocycles. The molecule has 24 heavy (non-hydrogen) atoms. The first-order chi connectivity index (χ1) is 11.5. The summed E-state index contributed by atoms with van der Waals surface area (Å²) in [5, 5.41) is 0.824. The summed E-state index contributed by atoms with van der Waals surface area (Å²) < 4.78 is 0. The highest BCUT2D eigenvalue weighted by Crippen LogP contribution is 2.36. The maximum Gasteiger partial charge on any atom is 0.260 e. The second kappa shape index (κ2) is 5.85. The van der Waals surface area contributed by atoms with Gasteiger partial charge in [-0.3, -0.25) is 4.79 Å². The summed E-state index contributed by atoms with van der Waals surface area (Å²) in [4.78, 5) is 22.7. The number of thiophene rings is 1. The van der Waals surface area contributed by atoms with Crippen LogP contribution in [0, 0.1) is 5.92 Å². The number of aromatic amines is 1. The van der Waals surface area contributed by atoms with E-state index in [1.165, 1.54) is 16.0 Å². The summed E-state index contributed by atoms with van der Waals surface area (Å²) >= 11 is 1.70. The van der Waals surface area contributed by atoms with Gasteiger partial charge in [0.15, 0.2) is 0 Å². The average Bonchev–Trinajstić information content (AvgIpc) is 2.92. The molecule has 124 valence electrons. The van der Waals surface area contributed by atoms with Crippen molar-refractivity contribution in [1.29, 1.82) is 0 Å². The van der Waals surface area contributed by atoms with Gasteiger partial charge in [0.05, 0.1) is 5.39 Å². The summed E-state index contributed by atoms with van der Waals surface area (Å²) in [5.74, 6) is 1.88. The Kier molecular flexibility index (Phi) is 3.80. The van der Waals surface area contributed by atoms with Crippen LogP contribution in [0.2, 0.25) is 0 Å². The molecule has 1 aliphatic rings. The van der Waals surface area contributed by atoms with Crippen molar-refractivity contribution in [2.24, 2.45) is 5.92 Å². The van der Waals surface area contributed by atoms with E-state index in [2.05, 4.69) is 50.0 Å². The Hall–Kier alpha value is -1.94. The van der Waals surface area contributed by atoms with Crippen LogP contribution in [0.5, 0.6) is 0 Å². The lowest BCUT2D eigenvalue weighted by molar-refractivity contribution is 0.509. The minimum Gasteiger partial charge on any atom is -0.306 e. The van der Waals surface area contributed by atoms with Crippen molar-refractivity contribution in [3.05, 3.63) is 50.6 Å². The Morgan fingerprint density at radius 1 is 1.25 bits per heavy atom. The molecule has 4 rings (SSSR count). The molecule has 2 heterocycles. The molecule has 4 heteroatoms. The first-order valence-corrected chi connectivity index (χ1v) is 9.49. The van der Waals surface area contributed by atoms with E-state index in [1.54, 1.807) is 11.3 Å². The predicted octanol–water partition coefficient (Wildman–Crippen LogP) is 4.90. The molecule has 1 aromatic carbocycles. The number of hydrogen-bond acceptors (Lipinski definition) is 3. The fraction of sp³-hybridized carbons (Fsp3) is 0.400. The number of nitrogens with one attached hydrogen (secondary N) is 1. The predicted molar refractivity (Wildman–Crippen MR) is 101 cm³/mol. The third-order valence-electron chi connectivity index (χ3n) is 5.02. The van der Waals surface area contributed by atoms with Gasteiger partial charge < -0.3 is 4.98 Å². The van der Waals surface area contributed by atoms with Crippen LogP contribution in [0.15, 0.2) is 29.1 Å². The monoisotopic (exact) mass is 338 g/mol. The molecule has 3 aromatic rings. The molecular formula is C20H22N2OS. The highest BCUT2D eigenvalue weighted by Gasteiger charge is 2.23. The van der Waals surface area contributed by atoms with Gasteiger partial charge in [0.25, 0.3) is 5.56 Å². The summed E-state index contributed by atoms with van der Waals surface area (Å²) in [7, 11) is 0. The number of benzene rings is 1. The van der Waals surface area contributed by atoms with Crippen molar-refractivity contribution in [2.75, 3.05) is 0 Å². The normalized spacial score (nSPS) is 17.4. The van der Waals surface area contributed by atoms with Gasteiger partial charge in [0.2, 0.25) is 0 Å². The highest BCUT2D eigenvalue weighted by molar-refractivity contribution is 7.18. The average molecular weight is 338 g/mol. The van der Waals surface area contributed by atoms with Crippen molar-refractivity contribution in [1.82, 2.24) is 9.97 Å². The molecule has 0 fully saturated rings. The number of fused-ring (bicyclic) bond motifs is 3. The van der Waals surface area contributed by atoms with Gasteiger partial charge in [0, 0.05) is 10.4 Å². The Morgan fingerprint density at radius 2 is 2.00 bits per heavy atom. The third-order valence-corrected chi connectivity index (χ3v) is 6.16. The zero-order chi connectivity index (χ0) is 16.8. The van der Waals surface area contributed by atoms with Gasteiger partial charge in [-0.05, 0) is 42.2 Å². The second-order valence-corrected chi connectivity index (χ2v) is 8.31. The smallest absolute Gasteiger partial charge is 0.260 e. The number of aryl methyl sites for hydroxylation is 1. The fourth-order valence-electron chi connectivity index (χ4n) is 3.51. The van der Waals surface area contributed by atoms with Crippen molar-refractivity contribution in [3.63, 3.8) is 0 Å². The molecule has 0 saturated carbocycles. The lowest BCUT2D eigenvalue weighted by atomic mass is 9.89. The van der Waals surface area contributed by atoms with E-state index >= 15 is 0 Å². The quantitative estimate of drug-likeness (QED) is 0.722. The van der Waals surface area contributed by atoms with Gasteiger partial charge in [-0.25, -0.2) is 4.98 Å². The summed E-state index contributed by atoms with van der Waals surface area (Å²) in [6.07, 6.45) is 3.24. The lowest BCUT2D eigenvalue weighted by Gasteiger charge is -2.17. The van der Waals surface area contributed by atoms with Crippen LogP contribution in [-0.4, -0.2) is 9.97 Å². The number of H-pyrrole nitrogens is 1. The van der Waals surface area contributed by atoms with E-state index in [4.69, 9.17) is 4.98 Å². The van der Waals surface area contributed by atoms with E-state index < -0.39 is 0 Å². The lowest BCUT2D eigenvalue weighted by Crippen LogP contribution is -2.13. The molecule has 1 atom stereocenters. The molecule has 0 amide bonds. The SMILES string of the molecule is CC(C)c1ccc(-c2nc3sc4c(c3c(=O)[nH]2)CC[C@H](C)C4)cc1. The molecule has 1 N–H and O–H groups in total. The molecule has 0 spiro atoms. The molecule has 2 aromatic heterocycles. The number of nitrogens with zero attached hydrogens (tertiary/aromatic N) is 1. The zero-order valence-electron chi connectivity index (χ0n) is 14.3. The van der Waals surface area contributed by atoms with Crippen LogP contribution in [0.3, 0.4) is 0 Å². The first kappa shape index (κ1) is 15.6. The van der Waals surface area contributed by atoms with Gasteiger partial charge in [-0.1, -0.05) is 45.0 Å². The Bertz CT molecular complexity index is 950. The Balaban J connectivity index is 1.82. The summed E-state index contributed by atoms with van der Waals surface area (Å²) in [6.45, 7) is 6.64. The standard InChI is InChI=1S/C20H22N2OS/c1-11(2)13-5-7-14(8-6-13)18-21-19(23)17-15-9-4-12(3)10-16(15)24-20(17)22-18/h5-8,11-12H,4,9-10H2,1-3H3,(H,21,22,23)/t12-/m0/s1. The molecule has 0 aliphatic heterocycles. The number of rotatable bonds is 2. The summed E-state index contributed by atoms with van der Waals surface area (Å²) in [5.41, 5.74) is 3.51. The molecular weight excluding hydrogens is 316 g/mol. The highest BCUT2D eigenvalue weighted by atomic mass is 32.1. The topological polar surface area (TPSA) is 45.8 Å². The van der Waals surface area contributed by atoms with E-state index in [-0.39, 0.29) is 5.56 Å². The minimum atomic E-state index is 0.00925. The van der Waals surface area contributed by atoms with E-state index in [9.17, 15) is 4.79 Å². The maximum absolute atomic E-state index is 12.7. The molecule has 0 radical (unpaired) electrons. The Morgan fingerprint density at radius 3 is 2.71 bits per heavy atom. The molecule has 3 nitrogen and oxygen atoms in total.